The summed E-state index contributed by atoms with van der Waals surface area (Å²) in [4.78, 5) is 0. The third kappa shape index (κ3) is 2.92. The lowest BCUT2D eigenvalue weighted by Gasteiger charge is -2.19. The number of ether oxygens (including phenoxy) is 2. The standard InChI is InChI=1S/C19H19NO2/c1-21-17-7-4-8-18(19(17)15-5-2-3-6-15)22-16-11-9-14(13-20)10-12-16/h4,7-12,15H,2-3,5-6H2,1H3. The van der Waals surface area contributed by atoms with E-state index < -0.39 is 0 Å². The van der Waals surface area contributed by atoms with Gasteiger partial charge in [-0.25, -0.2) is 0 Å². The lowest BCUT2D eigenvalue weighted by molar-refractivity contribution is 0.395. The molecule has 3 rings (SSSR count). The molecule has 1 aliphatic rings. The van der Waals surface area contributed by atoms with Gasteiger partial charge in [-0.15, -0.1) is 0 Å². The maximum atomic E-state index is 8.87. The summed E-state index contributed by atoms with van der Waals surface area (Å²) in [6.45, 7) is 0. The fourth-order valence-electron chi connectivity index (χ4n) is 3.13. The second kappa shape index (κ2) is 6.53. The fraction of sp³-hybridized carbons (Fsp3) is 0.316. The van der Waals surface area contributed by atoms with Crippen LogP contribution in [0.25, 0.3) is 0 Å². The number of methoxy groups -OCH3 is 1. The Hall–Kier alpha value is -2.47. The molecule has 1 aliphatic carbocycles. The van der Waals surface area contributed by atoms with Gasteiger partial charge in [0.1, 0.15) is 17.2 Å². The molecule has 0 spiro atoms. The van der Waals surface area contributed by atoms with Crippen LogP contribution in [0.4, 0.5) is 0 Å². The van der Waals surface area contributed by atoms with Gasteiger partial charge in [-0.05, 0) is 55.2 Å². The Bertz CT molecular complexity index is 680. The van der Waals surface area contributed by atoms with Crippen molar-refractivity contribution in [3.63, 3.8) is 0 Å². The Morgan fingerprint density at radius 3 is 2.32 bits per heavy atom. The number of hydrogen-bond donors (Lipinski definition) is 0. The number of nitriles is 1. The molecule has 2 aromatic carbocycles. The average Bonchev–Trinajstić information content (AvgIpc) is 3.09. The minimum Gasteiger partial charge on any atom is -0.496 e. The average molecular weight is 293 g/mol. The molecule has 0 amide bonds. The molecule has 0 atom stereocenters. The van der Waals surface area contributed by atoms with E-state index in [9.17, 15) is 0 Å². The van der Waals surface area contributed by atoms with Gasteiger partial charge in [-0.1, -0.05) is 18.9 Å². The van der Waals surface area contributed by atoms with Gasteiger partial charge in [0, 0.05) is 5.56 Å². The molecule has 0 aliphatic heterocycles. The molecule has 112 valence electrons. The SMILES string of the molecule is COc1cccc(Oc2ccc(C#N)cc2)c1C1CCCC1. The first-order chi connectivity index (χ1) is 10.8. The number of rotatable bonds is 4. The maximum Gasteiger partial charge on any atom is 0.134 e. The van der Waals surface area contributed by atoms with E-state index in [1.165, 1.54) is 31.2 Å². The van der Waals surface area contributed by atoms with Crippen molar-refractivity contribution in [2.75, 3.05) is 7.11 Å². The van der Waals surface area contributed by atoms with Crippen molar-refractivity contribution in [3.05, 3.63) is 53.6 Å². The number of nitrogens with zero attached hydrogens (tertiary/aromatic N) is 1. The lowest BCUT2D eigenvalue weighted by atomic mass is 9.95. The molecular formula is C19H19NO2. The Labute approximate surface area is 131 Å². The van der Waals surface area contributed by atoms with Crippen LogP contribution in [0, 0.1) is 11.3 Å². The van der Waals surface area contributed by atoms with Gasteiger partial charge in [0.15, 0.2) is 0 Å². The highest BCUT2D eigenvalue weighted by Crippen LogP contribution is 2.44. The van der Waals surface area contributed by atoms with Crippen LogP contribution in [0.1, 0.15) is 42.7 Å². The Morgan fingerprint density at radius 2 is 1.68 bits per heavy atom. The van der Waals surface area contributed by atoms with Crippen LogP contribution < -0.4 is 9.47 Å². The minimum atomic E-state index is 0.504. The largest absolute Gasteiger partial charge is 0.496 e. The van der Waals surface area contributed by atoms with Gasteiger partial charge in [0.2, 0.25) is 0 Å². The van der Waals surface area contributed by atoms with Crippen LogP contribution in [-0.2, 0) is 0 Å². The van der Waals surface area contributed by atoms with Crippen molar-refractivity contribution in [2.24, 2.45) is 0 Å². The van der Waals surface area contributed by atoms with Crippen LogP contribution in [-0.4, -0.2) is 7.11 Å². The van der Waals surface area contributed by atoms with Gasteiger partial charge in [0.25, 0.3) is 0 Å². The molecule has 22 heavy (non-hydrogen) atoms. The summed E-state index contributed by atoms with van der Waals surface area (Å²) in [6.07, 6.45) is 4.90. The van der Waals surface area contributed by atoms with Crippen molar-refractivity contribution < 1.29 is 9.47 Å². The molecule has 0 unspecified atom stereocenters. The zero-order valence-electron chi connectivity index (χ0n) is 12.7. The summed E-state index contributed by atoms with van der Waals surface area (Å²) >= 11 is 0. The van der Waals surface area contributed by atoms with E-state index in [1.54, 1.807) is 19.2 Å². The first kappa shape index (κ1) is 14.5. The Morgan fingerprint density at radius 1 is 1.00 bits per heavy atom. The predicted octanol–water partition coefficient (Wildman–Crippen LogP) is 5.02. The van der Waals surface area contributed by atoms with Gasteiger partial charge in [-0.3, -0.25) is 0 Å². The van der Waals surface area contributed by atoms with Crippen molar-refractivity contribution in [1.82, 2.24) is 0 Å². The Kier molecular flexibility index (Phi) is 4.29. The summed E-state index contributed by atoms with van der Waals surface area (Å²) in [6, 6.07) is 15.3. The maximum absolute atomic E-state index is 8.87. The van der Waals surface area contributed by atoms with E-state index in [4.69, 9.17) is 14.7 Å². The number of hydrogen-bond acceptors (Lipinski definition) is 3. The van der Waals surface area contributed by atoms with E-state index in [-0.39, 0.29) is 0 Å². The monoisotopic (exact) mass is 293 g/mol. The van der Waals surface area contributed by atoms with Crippen LogP contribution in [0.5, 0.6) is 17.2 Å². The third-order valence-corrected chi connectivity index (χ3v) is 4.22. The summed E-state index contributed by atoms with van der Waals surface area (Å²) in [5, 5.41) is 8.87. The zero-order chi connectivity index (χ0) is 15.4. The van der Waals surface area contributed by atoms with Crippen LogP contribution in [0.15, 0.2) is 42.5 Å². The molecule has 0 N–H and O–H groups in total. The van der Waals surface area contributed by atoms with Gasteiger partial charge < -0.3 is 9.47 Å². The first-order valence-electron chi connectivity index (χ1n) is 7.66. The van der Waals surface area contributed by atoms with Gasteiger partial charge in [0.05, 0.1) is 18.7 Å². The second-order valence-electron chi connectivity index (χ2n) is 5.59. The molecule has 0 bridgehead atoms. The van der Waals surface area contributed by atoms with Crippen molar-refractivity contribution in [2.45, 2.75) is 31.6 Å². The van der Waals surface area contributed by atoms with Crippen LogP contribution in [0.3, 0.4) is 0 Å². The third-order valence-electron chi connectivity index (χ3n) is 4.22. The normalized spacial score (nSPS) is 14.5. The van der Waals surface area contributed by atoms with Gasteiger partial charge >= 0.3 is 0 Å². The Balaban J connectivity index is 1.93. The molecule has 0 radical (unpaired) electrons. The summed E-state index contributed by atoms with van der Waals surface area (Å²) in [5.41, 5.74) is 1.81. The zero-order valence-corrected chi connectivity index (χ0v) is 12.7. The minimum absolute atomic E-state index is 0.504. The molecule has 0 aromatic heterocycles. The molecule has 0 heterocycles. The summed E-state index contributed by atoms with van der Waals surface area (Å²) < 4.78 is 11.6. The second-order valence-corrected chi connectivity index (χ2v) is 5.59. The smallest absolute Gasteiger partial charge is 0.134 e. The van der Waals surface area contributed by atoms with Crippen molar-refractivity contribution >= 4 is 0 Å². The predicted molar refractivity (Wildman–Crippen MR) is 85.4 cm³/mol. The number of benzene rings is 2. The molecule has 1 fully saturated rings. The molecule has 1 saturated carbocycles. The van der Waals surface area contributed by atoms with E-state index in [1.807, 2.05) is 30.3 Å². The van der Waals surface area contributed by atoms with Gasteiger partial charge in [-0.2, -0.15) is 5.26 Å². The molecule has 0 saturated heterocycles. The van der Waals surface area contributed by atoms with Crippen molar-refractivity contribution in [1.29, 1.82) is 5.26 Å². The van der Waals surface area contributed by atoms with E-state index in [0.717, 1.165) is 17.2 Å². The summed E-state index contributed by atoms with van der Waals surface area (Å²) in [7, 11) is 1.71. The molecule has 2 aromatic rings. The first-order valence-corrected chi connectivity index (χ1v) is 7.66. The highest BCUT2D eigenvalue weighted by atomic mass is 16.5. The highest BCUT2D eigenvalue weighted by Gasteiger charge is 2.24. The van der Waals surface area contributed by atoms with E-state index in [2.05, 4.69) is 6.07 Å². The lowest BCUT2D eigenvalue weighted by Crippen LogP contribution is -2.00. The van der Waals surface area contributed by atoms with Crippen molar-refractivity contribution in [3.8, 4) is 23.3 Å². The topological polar surface area (TPSA) is 42.2 Å². The van der Waals surface area contributed by atoms with Crippen LogP contribution in [0.2, 0.25) is 0 Å². The van der Waals surface area contributed by atoms with E-state index in [0.29, 0.717) is 11.5 Å². The molecular weight excluding hydrogens is 274 g/mol. The molecule has 3 nitrogen and oxygen atoms in total. The molecule has 3 heteroatoms. The highest BCUT2D eigenvalue weighted by molar-refractivity contribution is 5.49. The van der Waals surface area contributed by atoms with E-state index >= 15 is 0 Å². The van der Waals surface area contributed by atoms with Crippen LogP contribution >= 0.6 is 0 Å². The fourth-order valence-corrected chi connectivity index (χ4v) is 3.13. The quantitative estimate of drug-likeness (QED) is 0.795. The summed E-state index contributed by atoms with van der Waals surface area (Å²) in [5.74, 6) is 3.00.